The van der Waals surface area contributed by atoms with Crippen LogP contribution in [0.5, 0.6) is 0 Å². The van der Waals surface area contributed by atoms with Crippen LogP contribution in [0, 0.1) is 5.92 Å². The van der Waals surface area contributed by atoms with Crippen molar-refractivity contribution in [3.8, 4) is 0 Å². The van der Waals surface area contributed by atoms with Gasteiger partial charge in [0.15, 0.2) is 4.67 Å². The van der Waals surface area contributed by atoms with E-state index < -0.39 is 0 Å². The van der Waals surface area contributed by atoms with Gasteiger partial charge in [0.2, 0.25) is 0 Å². The van der Waals surface area contributed by atoms with Crippen molar-refractivity contribution in [1.82, 2.24) is 5.32 Å². The molecule has 2 nitrogen and oxygen atoms in total. The zero-order valence-corrected chi connectivity index (χ0v) is 10.0. The molecule has 0 bridgehead atoms. The van der Waals surface area contributed by atoms with Gasteiger partial charge in [0.25, 0.3) is 0 Å². The van der Waals surface area contributed by atoms with Gasteiger partial charge in [0, 0.05) is 0 Å². The summed E-state index contributed by atoms with van der Waals surface area (Å²) < 4.78 is 6.43. The minimum atomic E-state index is 0.432. The molecule has 0 saturated heterocycles. The Morgan fingerprint density at radius 2 is 2.36 bits per heavy atom. The van der Waals surface area contributed by atoms with E-state index in [9.17, 15) is 0 Å². The van der Waals surface area contributed by atoms with Crippen LogP contribution in [-0.4, -0.2) is 6.54 Å². The molecule has 0 amide bonds. The second-order valence-electron chi connectivity index (χ2n) is 3.91. The zero-order chi connectivity index (χ0) is 9.97. The highest BCUT2D eigenvalue weighted by molar-refractivity contribution is 9.10. The van der Waals surface area contributed by atoms with Gasteiger partial charge in [-0.2, -0.15) is 0 Å². The Morgan fingerprint density at radius 1 is 1.57 bits per heavy atom. The first kappa shape index (κ1) is 10.2. The third-order valence-electron chi connectivity index (χ3n) is 2.61. The summed E-state index contributed by atoms with van der Waals surface area (Å²) in [6.45, 7) is 3.26. The van der Waals surface area contributed by atoms with Crippen LogP contribution in [0.4, 0.5) is 0 Å². The van der Waals surface area contributed by atoms with E-state index in [1.165, 1.54) is 19.3 Å². The van der Waals surface area contributed by atoms with Crippen molar-refractivity contribution in [2.24, 2.45) is 5.92 Å². The van der Waals surface area contributed by atoms with Crippen molar-refractivity contribution in [3.05, 3.63) is 22.6 Å². The Morgan fingerprint density at radius 3 is 2.86 bits per heavy atom. The van der Waals surface area contributed by atoms with Crippen LogP contribution in [0.2, 0.25) is 0 Å². The minimum absolute atomic E-state index is 0.432. The molecule has 1 heterocycles. The van der Waals surface area contributed by atoms with E-state index in [4.69, 9.17) is 4.42 Å². The fraction of sp³-hybridized carbons (Fsp3) is 0.636. The predicted octanol–water partition coefficient (Wildman–Crippen LogP) is 3.49. The molecule has 1 aromatic heterocycles. The average Bonchev–Trinajstić information content (AvgIpc) is 2.91. The molecule has 0 aliphatic heterocycles. The monoisotopic (exact) mass is 257 g/mol. The van der Waals surface area contributed by atoms with Gasteiger partial charge in [-0.15, -0.1) is 0 Å². The van der Waals surface area contributed by atoms with E-state index in [1.54, 1.807) is 0 Å². The Bertz CT molecular complexity index is 293. The van der Waals surface area contributed by atoms with Gasteiger partial charge in [-0.3, -0.25) is 0 Å². The van der Waals surface area contributed by atoms with E-state index >= 15 is 0 Å². The fourth-order valence-corrected chi connectivity index (χ4v) is 2.04. The van der Waals surface area contributed by atoms with Crippen molar-refractivity contribution in [1.29, 1.82) is 0 Å². The highest BCUT2D eigenvalue weighted by atomic mass is 79.9. The van der Waals surface area contributed by atoms with Crippen LogP contribution in [0.1, 0.15) is 38.0 Å². The molecule has 78 valence electrons. The first-order valence-electron chi connectivity index (χ1n) is 5.30. The summed E-state index contributed by atoms with van der Waals surface area (Å²) in [7, 11) is 0. The van der Waals surface area contributed by atoms with Gasteiger partial charge < -0.3 is 9.73 Å². The van der Waals surface area contributed by atoms with Gasteiger partial charge in [0.1, 0.15) is 5.76 Å². The first-order chi connectivity index (χ1) is 6.81. The molecule has 0 spiro atoms. The topological polar surface area (TPSA) is 25.2 Å². The zero-order valence-electron chi connectivity index (χ0n) is 8.42. The molecule has 1 saturated carbocycles. The summed E-state index contributed by atoms with van der Waals surface area (Å²) in [4.78, 5) is 0. The Kier molecular flexibility index (Phi) is 3.29. The van der Waals surface area contributed by atoms with Gasteiger partial charge in [0.05, 0.1) is 6.04 Å². The Hall–Kier alpha value is -0.280. The van der Waals surface area contributed by atoms with Gasteiger partial charge in [-0.25, -0.2) is 0 Å². The maximum atomic E-state index is 5.60. The predicted molar refractivity (Wildman–Crippen MR) is 60.2 cm³/mol. The lowest BCUT2D eigenvalue weighted by Gasteiger charge is -2.14. The normalized spacial score (nSPS) is 18.4. The maximum Gasteiger partial charge on any atom is 0.169 e. The second kappa shape index (κ2) is 4.49. The third kappa shape index (κ3) is 2.39. The molecule has 1 aromatic rings. The van der Waals surface area contributed by atoms with Crippen LogP contribution in [0.15, 0.2) is 21.2 Å². The lowest BCUT2D eigenvalue weighted by atomic mass is 10.1. The molecule has 14 heavy (non-hydrogen) atoms. The number of hydrogen-bond donors (Lipinski definition) is 1. The number of hydrogen-bond acceptors (Lipinski definition) is 2. The van der Waals surface area contributed by atoms with Crippen molar-refractivity contribution >= 4 is 15.9 Å². The van der Waals surface area contributed by atoms with Crippen LogP contribution >= 0.6 is 15.9 Å². The molecule has 1 aliphatic carbocycles. The number of halogens is 1. The van der Waals surface area contributed by atoms with E-state index in [2.05, 4.69) is 34.2 Å². The molecule has 0 radical (unpaired) electrons. The summed E-state index contributed by atoms with van der Waals surface area (Å²) in [5.41, 5.74) is 0. The van der Waals surface area contributed by atoms with Crippen LogP contribution in [0.25, 0.3) is 0 Å². The molecule has 1 atom stereocenters. The molecule has 1 unspecified atom stereocenters. The smallest absolute Gasteiger partial charge is 0.169 e. The van der Waals surface area contributed by atoms with Crippen molar-refractivity contribution in [2.45, 2.75) is 32.2 Å². The fourth-order valence-electron chi connectivity index (χ4n) is 1.72. The summed E-state index contributed by atoms with van der Waals surface area (Å²) in [6.07, 6.45) is 3.84. The van der Waals surface area contributed by atoms with E-state index in [0.29, 0.717) is 6.04 Å². The highest BCUT2D eigenvalue weighted by Crippen LogP contribution is 2.41. The van der Waals surface area contributed by atoms with E-state index in [0.717, 1.165) is 22.9 Å². The number of rotatable bonds is 5. The lowest BCUT2D eigenvalue weighted by Crippen LogP contribution is -2.23. The average molecular weight is 258 g/mol. The molecule has 2 rings (SSSR count). The number of furan rings is 1. The van der Waals surface area contributed by atoms with Gasteiger partial charge >= 0.3 is 0 Å². The van der Waals surface area contributed by atoms with Crippen LogP contribution < -0.4 is 5.32 Å². The molecule has 1 N–H and O–H groups in total. The number of nitrogens with one attached hydrogen (secondary N) is 1. The maximum absolute atomic E-state index is 5.60. The lowest BCUT2D eigenvalue weighted by molar-refractivity contribution is 0.375. The molecule has 1 fully saturated rings. The van der Waals surface area contributed by atoms with Crippen molar-refractivity contribution in [2.75, 3.05) is 6.54 Å². The molecule has 1 aliphatic rings. The quantitative estimate of drug-likeness (QED) is 0.874. The standard InChI is InChI=1S/C11H16BrNO/c1-2-7-13-11(8-3-4-8)9-5-6-10(12)14-9/h5-6,8,11,13H,2-4,7H2,1H3. The summed E-state index contributed by atoms with van der Waals surface area (Å²) in [5.74, 6) is 1.87. The van der Waals surface area contributed by atoms with Crippen molar-refractivity contribution < 1.29 is 4.42 Å². The van der Waals surface area contributed by atoms with Gasteiger partial charge in [-0.1, -0.05) is 6.92 Å². The third-order valence-corrected chi connectivity index (χ3v) is 3.03. The minimum Gasteiger partial charge on any atom is -0.453 e. The summed E-state index contributed by atoms with van der Waals surface area (Å²) >= 11 is 3.34. The molecule has 3 heteroatoms. The summed E-state index contributed by atoms with van der Waals surface area (Å²) in [6, 6.07) is 4.47. The SMILES string of the molecule is CCCNC(c1ccc(Br)o1)C1CC1. The second-order valence-corrected chi connectivity index (χ2v) is 4.69. The van der Waals surface area contributed by atoms with E-state index in [1.807, 2.05) is 6.07 Å². The Balaban J connectivity index is 2.02. The highest BCUT2D eigenvalue weighted by Gasteiger charge is 2.33. The largest absolute Gasteiger partial charge is 0.453 e. The van der Waals surface area contributed by atoms with Crippen LogP contribution in [0.3, 0.4) is 0 Å². The van der Waals surface area contributed by atoms with E-state index in [-0.39, 0.29) is 0 Å². The van der Waals surface area contributed by atoms with Gasteiger partial charge in [-0.05, 0) is 59.8 Å². The first-order valence-corrected chi connectivity index (χ1v) is 6.09. The van der Waals surface area contributed by atoms with Crippen LogP contribution in [-0.2, 0) is 0 Å². The van der Waals surface area contributed by atoms with Crippen molar-refractivity contribution in [3.63, 3.8) is 0 Å². The molecule has 0 aromatic carbocycles. The summed E-state index contributed by atoms with van der Waals surface area (Å²) in [5, 5.41) is 3.55. The Labute approximate surface area is 93.2 Å². The molecular weight excluding hydrogens is 242 g/mol. The molecular formula is C11H16BrNO.